The molecule has 3 rings (SSSR count). The van der Waals surface area contributed by atoms with Crippen LogP contribution in [0.25, 0.3) is 0 Å². The summed E-state index contributed by atoms with van der Waals surface area (Å²) in [5.41, 5.74) is 1.37. The van der Waals surface area contributed by atoms with Gasteiger partial charge in [0.25, 0.3) is 0 Å². The van der Waals surface area contributed by atoms with Gasteiger partial charge in [0.05, 0.1) is 24.5 Å². The fourth-order valence-electron chi connectivity index (χ4n) is 2.47. The number of anilines is 1. The number of hydrogen-bond acceptors (Lipinski definition) is 5. The van der Waals surface area contributed by atoms with Crippen molar-refractivity contribution in [2.45, 2.75) is 30.4 Å². The van der Waals surface area contributed by atoms with Crippen molar-refractivity contribution in [1.82, 2.24) is 4.72 Å². The molecular weight excluding hydrogens is 308 g/mol. The van der Waals surface area contributed by atoms with E-state index in [1.807, 2.05) is 0 Å². The predicted octanol–water partition coefficient (Wildman–Crippen LogP) is 0.613. The van der Waals surface area contributed by atoms with Gasteiger partial charge in [0.15, 0.2) is 6.29 Å². The van der Waals surface area contributed by atoms with E-state index in [2.05, 4.69) is 10.0 Å². The Morgan fingerprint density at radius 3 is 2.82 bits per heavy atom. The maximum absolute atomic E-state index is 12.3. The number of nitrogens with one attached hydrogen (secondary N) is 2. The first-order valence-electron chi connectivity index (χ1n) is 7.20. The zero-order chi connectivity index (χ0) is 15.6. The molecule has 1 saturated heterocycles. The lowest BCUT2D eigenvalue weighted by molar-refractivity contribution is -0.180. The van der Waals surface area contributed by atoms with Gasteiger partial charge in [0.1, 0.15) is 0 Å². The van der Waals surface area contributed by atoms with Crippen molar-refractivity contribution in [3.05, 3.63) is 23.8 Å². The van der Waals surface area contributed by atoms with Crippen LogP contribution >= 0.6 is 0 Å². The number of benzene rings is 1. The Hall–Kier alpha value is -1.48. The van der Waals surface area contributed by atoms with Crippen molar-refractivity contribution < 1.29 is 22.7 Å². The number of carbonyl (C=O) groups excluding carboxylic acids is 1. The van der Waals surface area contributed by atoms with Gasteiger partial charge in [0.2, 0.25) is 15.9 Å². The topological polar surface area (TPSA) is 93.7 Å². The van der Waals surface area contributed by atoms with Crippen LogP contribution in [0.3, 0.4) is 0 Å². The van der Waals surface area contributed by atoms with Crippen molar-refractivity contribution in [3.8, 4) is 0 Å². The predicted molar refractivity (Wildman–Crippen MR) is 78.9 cm³/mol. The third-order valence-electron chi connectivity index (χ3n) is 3.58. The molecule has 22 heavy (non-hydrogen) atoms. The summed E-state index contributed by atoms with van der Waals surface area (Å²) >= 11 is 0. The zero-order valence-corrected chi connectivity index (χ0v) is 12.8. The van der Waals surface area contributed by atoms with E-state index in [1.165, 1.54) is 12.1 Å². The highest BCUT2D eigenvalue weighted by atomic mass is 32.2. The summed E-state index contributed by atoms with van der Waals surface area (Å²) in [4.78, 5) is 11.5. The Labute approximate surface area is 129 Å². The lowest BCUT2D eigenvalue weighted by Crippen LogP contribution is -2.31. The number of sulfonamides is 1. The van der Waals surface area contributed by atoms with Gasteiger partial charge in [-0.15, -0.1) is 0 Å². The summed E-state index contributed by atoms with van der Waals surface area (Å²) in [5, 5.41) is 2.67. The molecule has 7 nitrogen and oxygen atoms in total. The van der Waals surface area contributed by atoms with E-state index in [4.69, 9.17) is 9.47 Å². The summed E-state index contributed by atoms with van der Waals surface area (Å²) in [5.74, 6) is -0.121. The zero-order valence-electron chi connectivity index (χ0n) is 12.0. The Balaban J connectivity index is 1.61. The second kappa shape index (κ2) is 6.33. The van der Waals surface area contributed by atoms with Gasteiger partial charge in [-0.1, -0.05) is 0 Å². The summed E-state index contributed by atoms with van der Waals surface area (Å²) in [6.45, 7) is 1.52. The molecule has 0 aromatic heterocycles. The van der Waals surface area contributed by atoms with Crippen LogP contribution in [0.4, 0.5) is 5.69 Å². The molecule has 1 fully saturated rings. The van der Waals surface area contributed by atoms with Gasteiger partial charge in [-0.05, 0) is 30.2 Å². The quantitative estimate of drug-likeness (QED) is 0.827. The van der Waals surface area contributed by atoms with E-state index in [9.17, 15) is 13.2 Å². The smallest absolute Gasteiger partial charge is 0.240 e. The molecule has 0 aliphatic carbocycles. The number of hydrogen-bond donors (Lipinski definition) is 2. The van der Waals surface area contributed by atoms with Gasteiger partial charge in [0, 0.05) is 18.7 Å². The number of ether oxygens (including phenoxy) is 2. The Morgan fingerprint density at radius 1 is 1.27 bits per heavy atom. The fourth-order valence-corrected chi connectivity index (χ4v) is 3.57. The highest BCUT2D eigenvalue weighted by Gasteiger charge is 2.22. The van der Waals surface area contributed by atoms with Crippen molar-refractivity contribution in [1.29, 1.82) is 0 Å². The molecule has 0 atom stereocenters. The van der Waals surface area contributed by atoms with Gasteiger partial charge in [-0.2, -0.15) is 0 Å². The van der Waals surface area contributed by atoms with E-state index in [0.717, 1.165) is 6.42 Å². The van der Waals surface area contributed by atoms with Crippen LogP contribution < -0.4 is 10.0 Å². The first-order chi connectivity index (χ1) is 10.5. The molecule has 0 spiro atoms. The van der Waals surface area contributed by atoms with Crippen LogP contribution in [0.5, 0.6) is 0 Å². The average Bonchev–Trinajstić information content (AvgIpc) is 2.87. The first-order valence-corrected chi connectivity index (χ1v) is 8.68. The molecule has 8 heteroatoms. The van der Waals surface area contributed by atoms with Crippen LogP contribution in [-0.4, -0.2) is 40.4 Å². The minimum atomic E-state index is -3.60. The largest absolute Gasteiger partial charge is 0.353 e. The molecule has 120 valence electrons. The van der Waals surface area contributed by atoms with Crippen LogP contribution in [0.1, 0.15) is 18.4 Å². The van der Waals surface area contributed by atoms with Crippen molar-refractivity contribution in [3.63, 3.8) is 0 Å². The first kappa shape index (κ1) is 15.4. The maximum atomic E-state index is 12.3. The molecule has 2 heterocycles. The third kappa shape index (κ3) is 3.46. The highest BCUT2D eigenvalue weighted by molar-refractivity contribution is 7.89. The van der Waals surface area contributed by atoms with Gasteiger partial charge in [-0.3, -0.25) is 4.79 Å². The number of rotatable bonds is 5. The Bertz CT molecular complexity index is 668. The second-order valence-electron chi connectivity index (χ2n) is 5.26. The van der Waals surface area contributed by atoms with E-state index < -0.39 is 10.0 Å². The number of amides is 1. The van der Waals surface area contributed by atoms with Crippen LogP contribution in [0.2, 0.25) is 0 Å². The third-order valence-corrected chi connectivity index (χ3v) is 5.04. The molecule has 1 aromatic carbocycles. The van der Waals surface area contributed by atoms with Gasteiger partial charge >= 0.3 is 0 Å². The molecular formula is C14H18N2O5S. The summed E-state index contributed by atoms with van der Waals surface area (Å²) in [6, 6.07) is 4.63. The van der Waals surface area contributed by atoms with Crippen LogP contribution in [0, 0.1) is 0 Å². The van der Waals surface area contributed by atoms with Crippen molar-refractivity contribution in [2.24, 2.45) is 0 Å². The van der Waals surface area contributed by atoms with Gasteiger partial charge in [-0.25, -0.2) is 13.1 Å². The average molecular weight is 326 g/mol. The molecule has 0 radical (unpaired) electrons. The normalized spacial score (nSPS) is 19.0. The van der Waals surface area contributed by atoms with Gasteiger partial charge < -0.3 is 14.8 Å². The molecule has 1 aromatic rings. The van der Waals surface area contributed by atoms with Crippen LogP contribution in [0.15, 0.2) is 23.1 Å². The molecule has 1 amide bonds. The van der Waals surface area contributed by atoms with E-state index in [0.29, 0.717) is 30.9 Å². The van der Waals surface area contributed by atoms with Crippen molar-refractivity contribution >= 4 is 21.6 Å². The van der Waals surface area contributed by atoms with E-state index in [-0.39, 0.29) is 30.1 Å². The summed E-state index contributed by atoms with van der Waals surface area (Å²) in [6.07, 6.45) is 1.19. The fraction of sp³-hybridized carbons (Fsp3) is 0.500. The second-order valence-corrected chi connectivity index (χ2v) is 7.02. The standard InChI is InChI=1S/C14H18N2O5S/c17-13-9-10-8-11(2-3-12(10)16-13)22(18,19)15-5-4-14-20-6-1-7-21-14/h2-3,8,14-15H,1,4-7,9H2,(H,16,17). The minimum Gasteiger partial charge on any atom is -0.353 e. The van der Waals surface area contributed by atoms with Crippen molar-refractivity contribution in [2.75, 3.05) is 25.1 Å². The monoisotopic (exact) mass is 326 g/mol. The molecule has 2 N–H and O–H groups in total. The Kier molecular flexibility index (Phi) is 4.44. The number of fused-ring (bicyclic) bond motifs is 1. The van der Waals surface area contributed by atoms with E-state index in [1.54, 1.807) is 6.07 Å². The Morgan fingerprint density at radius 2 is 2.05 bits per heavy atom. The highest BCUT2D eigenvalue weighted by Crippen LogP contribution is 2.25. The minimum absolute atomic E-state index is 0.121. The number of carbonyl (C=O) groups is 1. The molecule has 0 unspecified atom stereocenters. The lowest BCUT2D eigenvalue weighted by Gasteiger charge is -2.23. The summed E-state index contributed by atoms with van der Waals surface area (Å²) in [7, 11) is -3.60. The lowest BCUT2D eigenvalue weighted by atomic mass is 10.2. The molecule has 0 saturated carbocycles. The maximum Gasteiger partial charge on any atom is 0.240 e. The molecule has 2 aliphatic heterocycles. The van der Waals surface area contributed by atoms with Crippen LogP contribution in [-0.2, 0) is 30.7 Å². The summed E-state index contributed by atoms with van der Waals surface area (Å²) < 4.78 is 37.8. The van der Waals surface area contributed by atoms with E-state index >= 15 is 0 Å². The SMILES string of the molecule is O=C1Cc2cc(S(=O)(=O)NCCC3OCCCO3)ccc2N1. The molecule has 0 bridgehead atoms. The molecule has 2 aliphatic rings.